The number of fused-ring (bicyclic) bond motifs is 1. The Hall–Kier alpha value is -1.62. The minimum absolute atomic E-state index is 0.0678. The van der Waals surface area contributed by atoms with E-state index in [2.05, 4.69) is 38.5 Å². The highest BCUT2D eigenvalue weighted by atomic mass is 79.9. The highest BCUT2D eigenvalue weighted by molar-refractivity contribution is 9.10. The topological polar surface area (TPSA) is 54.0 Å². The zero-order valence-corrected chi connectivity index (χ0v) is 13.9. The van der Waals surface area contributed by atoms with Crippen LogP contribution in [0.25, 0.3) is 10.8 Å². The number of nitrogens with zero attached hydrogens (tertiary/aromatic N) is 1. The molecule has 21 heavy (non-hydrogen) atoms. The molecule has 4 nitrogen and oxygen atoms in total. The Kier molecular flexibility index (Phi) is 5.56. The van der Waals surface area contributed by atoms with Crippen LogP contribution in [0.4, 0.5) is 5.82 Å². The predicted molar refractivity (Wildman–Crippen MR) is 90.4 cm³/mol. The lowest BCUT2D eigenvalue weighted by atomic mass is 10.1. The average molecular weight is 350 g/mol. The molecule has 2 rings (SSSR count). The fourth-order valence-electron chi connectivity index (χ4n) is 2.05. The van der Waals surface area contributed by atoms with Gasteiger partial charge in [-0.05, 0) is 25.5 Å². The Morgan fingerprint density at radius 3 is 2.90 bits per heavy atom. The van der Waals surface area contributed by atoms with Crippen LogP contribution in [-0.4, -0.2) is 23.5 Å². The van der Waals surface area contributed by atoms with E-state index in [1.165, 1.54) is 0 Å². The molecule has 1 aromatic carbocycles. The van der Waals surface area contributed by atoms with Gasteiger partial charge in [0.25, 0.3) is 0 Å². The third kappa shape index (κ3) is 4.17. The zero-order valence-electron chi connectivity index (χ0n) is 12.3. The molecular formula is C16H20BrN3O. The fourth-order valence-corrected chi connectivity index (χ4v) is 2.55. The van der Waals surface area contributed by atoms with Gasteiger partial charge in [-0.25, -0.2) is 4.98 Å². The quantitative estimate of drug-likeness (QED) is 0.835. The molecule has 1 unspecified atom stereocenters. The number of hydrogen-bond acceptors (Lipinski definition) is 3. The van der Waals surface area contributed by atoms with Gasteiger partial charge in [0.1, 0.15) is 5.82 Å². The number of pyridine rings is 1. The van der Waals surface area contributed by atoms with Gasteiger partial charge >= 0.3 is 0 Å². The summed E-state index contributed by atoms with van der Waals surface area (Å²) in [6.07, 6.45) is 3.16. The molecule has 0 fully saturated rings. The first-order valence-electron chi connectivity index (χ1n) is 7.18. The number of amides is 1. The summed E-state index contributed by atoms with van der Waals surface area (Å²) < 4.78 is 1.04. The van der Waals surface area contributed by atoms with E-state index >= 15 is 0 Å². The van der Waals surface area contributed by atoms with Gasteiger partial charge in [-0.3, -0.25) is 4.79 Å². The smallest absolute Gasteiger partial charge is 0.221 e. The van der Waals surface area contributed by atoms with Gasteiger partial charge in [-0.1, -0.05) is 35.0 Å². The first-order chi connectivity index (χ1) is 10.1. The number of carbonyl (C=O) groups is 1. The zero-order chi connectivity index (χ0) is 15.2. The molecule has 1 heterocycles. The molecule has 0 aliphatic heterocycles. The summed E-state index contributed by atoms with van der Waals surface area (Å²) >= 11 is 3.54. The lowest BCUT2D eigenvalue weighted by molar-refractivity contribution is -0.121. The minimum Gasteiger partial charge on any atom is -0.369 e. The largest absolute Gasteiger partial charge is 0.369 e. The van der Waals surface area contributed by atoms with Crippen molar-refractivity contribution in [2.75, 3.05) is 11.9 Å². The van der Waals surface area contributed by atoms with E-state index in [9.17, 15) is 4.79 Å². The molecule has 0 bridgehead atoms. The van der Waals surface area contributed by atoms with Crippen LogP contribution in [0.1, 0.15) is 26.7 Å². The van der Waals surface area contributed by atoms with E-state index in [-0.39, 0.29) is 11.9 Å². The van der Waals surface area contributed by atoms with Crippen molar-refractivity contribution in [3.63, 3.8) is 0 Å². The van der Waals surface area contributed by atoms with Gasteiger partial charge in [-0.2, -0.15) is 0 Å². The number of aromatic nitrogens is 1. The van der Waals surface area contributed by atoms with E-state index in [1.807, 2.05) is 31.2 Å². The molecule has 0 saturated carbocycles. The van der Waals surface area contributed by atoms with Gasteiger partial charge in [0, 0.05) is 40.4 Å². The molecule has 2 aromatic rings. The number of anilines is 1. The van der Waals surface area contributed by atoms with E-state index in [0.29, 0.717) is 13.0 Å². The first-order valence-corrected chi connectivity index (χ1v) is 7.97. The van der Waals surface area contributed by atoms with Crippen LogP contribution >= 0.6 is 15.9 Å². The summed E-state index contributed by atoms with van der Waals surface area (Å²) in [5, 5.41) is 8.36. The van der Waals surface area contributed by atoms with Crippen molar-refractivity contribution in [1.82, 2.24) is 10.3 Å². The number of benzene rings is 1. The van der Waals surface area contributed by atoms with E-state index in [4.69, 9.17) is 0 Å². The Labute approximate surface area is 133 Å². The van der Waals surface area contributed by atoms with Crippen LogP contribution in [0.2, 0.25) is 0 Å². The predicted octanol–water partition coefficient (Wildman–Crippen LogP) is 3.71. The van der Waals surface area contributed by atoms with Crippen LogP contribution in [0.5, 0.6) is 0 Å². The molecule has 1 aromatic heterocycles. The second-order valence-electron chi connectivity index (χ2n) is 5.05. The Morgan fingerprint density at radius 1 is 1.33 bits per heavy atom. The van der Waals surface area contributed by atoms with Gasteiger partial charge in [-0.15, -0.1) is 0 Å². The van der Waals surface area contributed by atoms with Gasteiger partial charge in [0.15, 0.2) is 0 Å². The van der Waals surface area contributed by atoms with Crippen molar-refractivity contribution >= 4 is 38.4 Å². The summed E-state index contributed by atoms with van der Waals surface area (Å²) in [7, 11) is 0. The molecule has 0 spiro atoms. The maximum atomic E-state index is 11.7. The van der Waals surface area contributed by atoms with Crippen molar-refractivity contribution in [3.8, 4) is 0 Å². The maximum Gasteiger partial charge on any atom is 0.221 e. The number of hydrogen-bond donors (Lipinski definition) is 2. The van der Waals surface area contributed by atoms with E-state index in [0.717, 1.165) is 27.5 Å². The lowest BCUT2D eigenvalue weighted by Crippen LogP contribution is -2.33. The summed E-state index contributed by atoms with van der Waals surface area (Å²) in [6.45, 7) is 4.64. The highest BCUT2D eigenvalue weighted by Gasteiger charge is 2.07. The molecule has 5 heteroatoms. The van der Waals surface area contributed by atoms with E-state index in [1.54, 1.807) is 6.20 Å². The van der Waals surface area contributed by atoms with Crippen LogP contribution in [0.15, 0.2) is 34.9 Å². The summed E-state index contributed by atoms with van der Waals surface area (Å²) in [5.74, 6) is 0.878. The summed E-state index contributed by atoms with van der Waals surface area (Å²) in [5.41, 5.74) is 0. The van der Waals surface area contributed by atoms with E-state index < -0.39 is 0 Å². The second-order valence-corrected chi connectivity index (χ2v) is 5.90. The molecule has 0 aliphatic carbocycles. The molecule has 1 atom stereocenters. The van der Waals surface area contributed by atoms with Crippen molar-refractivity contribution in [3.05, 3.63) is 34.9 Å². The standard InChI is InChI=1S/C16H20BrN3O/c1-3-11(2)20-15(21)8-10-19-16-13-5-4-6-14(17)12(13)7-9-18-16/h4-7,9,11H,3,8,10H2,1-2H3,(H,18,19)(H,20,21). The SMILES string of the molecule is CCC(C)NC(=O)CCNc1nccc2c(Br)cccc12. The number of nitrogens with one attached hydrogen (secondary N) is 2. The van der Waals surface area contributed by atoms with Crippen molar-refractivity contribution in [1.29, 1.82) is 0 Å². The molecule has 112 valence electrons. The average Bonchev–Trinajstić information content (AvgIpc) is 2.48. The van der Waals surface area contributed by atoms with Gasteiger partial charge in [0.05, 0.1) is 0 Å². The number of rotatable bonds is 6. The molecule has 0 aliphatic rings. The van der Waals surface area contributed by atoms with Gasteiger partial charge < -0.3 is 10.6 Å². The molecule has 0 saturated heterocycles. The third-order valence-electron chi connectivity index (χ3n) is 3.42. The first kappa shape index (κ1) is 15.8. The van der Waals surface area contributed by atoms with Crippen LogP contribution in [-0.2, 0) is 4.79 Å². The van der Waals surface area contributed by atoms with Crippen LogP contribution in [0, 0.1) is 0 Å². The third-order valence-corrected chi connectivity index (χ3v) is 4.11. The highest BCUT2D eigenvalue weighted by Crippen LogP contribution is 2.27. The van der Waals surface area contributed by atoms with Gasteiger partial charge in [0.2, 0.25) is 5.91 Å². The number of halogens is 1. The van der Waals surface area contributed by atoms with Crippen molar-refractivity contribution in [2.45, 2.75) is 32.7 Å². The number of carbonyl (C=O) groups excluding carboxylic acids is 1. The Morgan fingerprint density at radius 2 is 2.14 bits per heavy atom. The molecule has 0 radical (unpaired) electrons. The minimum atomic E-state index is 0.0678. The van der Waals surface area contributed by atoms with Crippen molar-refractivity contribution < 1.29 is 4.79 Å². The lowest BCUT2D eigenvalue weighted by Gasteiger charge is -2.12. The second kappa shape index (κ2) is 7.41. The van der Waals surface area contributed by atoms with Crippen LogP contribution < -0.4 is 10.6 Å². The Balaban J connectivity index is 1.98. The summed E-state index contributed by atoms with van der Waals surface area (Å²) in [4.78, 5) is 16.1. The van der Waals surface area contributed by atoms with Crippen LogP contribution in [0.3, 0.4) is 0 Å². The molecular weight excluding hydrogens is 330 g/mol. The maximum absolute atomic E-state index is 11.7. The normalized spacial score (nSPS) is 12.1. The fraction of sp³-hybridized carbons (Fsp3) is 0.375. The monoisotopic (exact) mass is 349 g/mol. The van der Waals surface area contributed by atoms with Crippen molar-refractivity contribution in [2.24, 2.45) is 0 Å². The summed E-state index contributed by atoms with van der Waals surface area (Å²) in [6, 6.07) is 8.21. The molecule has 1 amide bonds. The Bertz CT molecular complexity index is 630. The molecule has 2 N–H and O–H groups in total.